The number of carbonyl (C=O) groups excluding carboxylic acids is 1. The summed E-state index contributed by atoms with van der Waals surface area (Å²) in [4.78, 5) is 21.2. The SMILES string of the molecule is Cc1cccc(C)c1NC(=O)Nc1cc2ccc(-c3ncn(-c4ccc(OC(F)(F)F)cc4)n3)cc2cn1. The number of carbonyl (C=O) groups is 1. The molecule has 0 saturated heterocycles. The van der Waals surface area contributed by atoms with E-state index in [0.29, 0.717) is 17.3 Å². The minimum Gasteiger partial charge on any atom is -0.406 e. The number of rotatable bonds is 5. The highest BCUT2D eigenvalue weighted by molar-refractivity contribution is 6.01. The largest absolute Gasteiger partial charge is 0.573 e. The number of para-hydroxylation sites is 1. The van der Waals surface area contributed by atoms with Crippen LogP contribution in [0, 0.1) is 13.8 Å². The minimum absolute atomic E-state index is 0.319. The Morgan fingerprint density at radius 1 is 0.895 bits per heavy atom. The van der Waals surface area contributed by atoms with Crippen molar-refractivity contribution in [3.8, 4) is 22.8 Å². The molecular weight excluding hydrogens is 497 g/mol. The molecule has 0 aliphatic carbocycles. The Labute approximate surface area is 215 Å². The van der Waals surface area contributed by atoms with Crippen LogP contribution in [-0.4, -0.2) is 32.1 Å². The van der Waals surface area contributed by atoms with E-state index in [1.54, 1.807) is 12.3 Å². The van der Waals surface area contributed by atoms with Crippen molar-refractivity contribution in [1.29, 1.82) is 0 Å². The van der Waals surface area contributed by atoms with E-state index in [-0.39, 0.29) is 5.75 Å². The number of anilines is 2. The maximum atomic E-state index is 12.5. The zero-order valence-corrected chi connectivity index (χ0v) is 20.2. The Morgan fingerprint density at radius 3 is 2.34 bits per heavy atom. The van der Waals surface area contributed by atoms with Crippen LogP contribution in [-0.2, 0) is 0 Å². The summed E-state index contributed by atoms with van der Waals surface area (Å²) in [6.07, 6.45) is -1.64. The number of hydrogen-bond acceptors (Lipinski definition) is 5. The third kappa shape index (κ3) is 5.56. The van der Waals surface area contributed by atoms with Gasteiger partial charge in [0, 0.05) is 22.8 Å². The third-order valence-electron chi connectivity index (χ3n) is 5.77. The third-order valence-corrected chi connectivity index (χ3v) is 5.77. The first-order chi connectivity index (χ1) is 18.1. The van der Waals surface area contributed by atoms with E-state index in [4.69, 9.17) is 0 Å². The number of aromatic nitrogens is 4. The first kappa shape index (κ1) is 24.8. The molecule has 0 spiro atoms. The average Bonchev–Trinajstić information content (AvgIpc) is 3.36. The molecule has 11 heteroatoms. The normalized spacial score (nSPS) is 11.4. The summed E-state index contributed by atoms with van der Waals surface area (Å²) in [5.74, 6) is 0.507. The van der Waals surface area contributed by atoms with Crippen molar-refractivity contribution in [3.63, 3.8) is 0 Å². The van der Waals surface area contributed by atoms with E-state index in [1.165, 1.54) is 35.3 Å². The number of benzene rings is 3. The molecule has 2 amide bonds. The Bertz CT molecular complexity index is 1610. The Balaban J connectivity index is 1.30. The quantitative estimate of drug-likeness (QED) is 0.272. The molecule has 0 aliphatic heterocycles. The van der Waals surface area contributed by atoms with Crippen LogP contribution >= 0.6 is 0 Å². The molecule has 2 N–H and O–H groups in total. The van der Waals surface area contributed by atoms with Crippen LogP contribution < -0.4 is 15.4 Å². The molecule has 0 unspecified atom stereocenters. The van der Waals surface area contributed by atoms with E-state index in [9.17, 15) is 18.0 Å². The first-order valence-electron chi connectivity index (χ1n) is 11.5. The van der Waals surface area contributed by atoms with Gasteiger partial charge in [0.05, 0.1) is 5.69 Å². The Morgan fingerprint density at radius 2 is 1.63 bits per heavy atom. The van der Waals surface area contributed by atoms with Gasteiger partial charge in [-0.05, 0) is 66.8 Å². The van der Waals surface area contributed by atoms with Gasteiger partial charge < -0.3 is 10.1 Å². The van der Waals surface area contributed by atoms with Crippen LogP contribution in [0.15, 0.2) is 79.3 Å². The van der Waals surface area contributed by atoms with Gasteiger partial charge >= 0.3 is 12.4 Å². The number of fused-ring (bicyclic) bond motifs is 1. The minimum atomic E-state index is -4.75. The smallest absolute Gasteiger partial charge is 0.406 e. The van der Waals surface area contributed by atoms with Gasteiger partial charge in [0.25, 0.3) is 0 Å². The lowest BCUT2D eigenvalue weighted by atomic mass is 10.1. The number of alkyl halides is 3. The van der Waals surface area contributed by atoms with E-state index in [0.717, 1.165) is 33.2 Å². The molecule has 5 aromatic rings. The molecule has 0 radical (unpaired) electrons. The maximum absolute atomic E-state index is 12.5. The highest BCUT2D eigenvalue weighted by Gasteiger charge is 2.31. The number of ether oxygens (including phenoxy) is 1. The number of nitrogens with zero attached hydrogens (tertiary/aromatic N) is 4. The van der Waals surface area contributed by atoms with Crippen molar-refractivity contribution < 1.29 is 22.7 Å². The summed E-state index contributed by atoms with van der Waals surface area (Å²) in [5, 5.41) is 11.7. The van der Waals surface area contributed by atoms with Gasteiger partial charge in [0.15, 0.2) is 5.82 Å². The van der Waals surface area contributed by atoms with Gasteiger partial charge in [0.1, 0.15) is 17.9 Å². The zero-order chi connectivity index (χ0) is 26.9. The molecule has 0 bridgehead atoms. The fourth-order valence-electron chi connectivity index (χ4n) is 3.94. The standard InChI is InChI=1S/C27H21F3N6O2/c1-16-4-3-5-17(2)24(16)34-26(37)33-23-13-18-6-7-19(12-20(18)14-31-23)25-32-15-36(35-25)21-8-10-22(11-9-21)38-27(28,29)30/h3-15H,1-2H3,(H2,31,33,34,37). The molecule has 2 aromatic heterocycles. The molecule has 2 heterocycles. The number of nitrogens with one attached hydrogen (secondary N) is 2. The highest BCUT2D eigenvalue weighted by Crippen LogP contribution is 2.26. The Hall–Kier alpha value is -4.93. The summed E-state index contributed by atoms with van der Waals surface area (Å²) in [7, 11) is 0. The van der Waals surface area contributed by atoms with E-state index >= 15 is 0 Å². The second kappa shape index (κ2) is 9.85. The summed E-state index contributed by atoms with van der Waals surface area (Å²) in [5.41, 5.74) is 3.93. The maximum Gasteiger partial charge on any atom is 0.573 e. The van der Waals surface area contributed by atoms with Crippen LogP contribution in [0.5, 0.6) is 5.75 Å². The van der Waals surface area contributed by atoms with Crippen LogP contribution in [0.2, 0.25) is 0 Å². The summed E-state index contributed by atoms with van der Waals surface area (Å²) >= 11 is 0. The topological polar surface area (TPSA) is 94.0 Å². The summed E-state index contributed by atoms with van der Waals surface area (Å²) in [6.45, 7) is 3.85. The van der Waals surface area contributed by atoms with E-state index < -0.39 is 12.4 Å². The molecule has 38 heavy (non-hydrogen) atoms. The van der Waals surface area contributed by atoms with Gasteiger partial charge in [-0.2, -0.15) is 0 Å². The van der Waals surface area contributed by atoms with Crippen LogP contribution in [0.25, 0.3) is 27.8 Å². The Kier molecular flexibility index (Phi) is 6.41. The molecular formula is C27H21F3N6O2. The van der Waals surface area contributed by atoms with E-state index in [1.807, 2.05) is 50.2 Å². The number of halogens is 3. The lowest BCUT2D eigenvalue weighted by Crippen LogP contribution is -2.21. The van der Waals surface area contributed by atoms with Crippen LogP contribution in [0.1, 0.15) is 11.1 Å². The van der Waals surface area contributed by atoms with Gasteiger partial charge in [-0.15, -0.1) is 18.3 Å². The fourth-order valence-corrected chi connectivity index (χ4v) is 3.94. The monoisotopic (exact) mass is 518 g/mol. The molecule has 0 saturated carbocycles. The van der Waals surface area contributed by atoms with Crippen molar-refractivity contribution in [2.75, 3.05) is 10.6 Å². The van der Waals surface area contributed by atoms with Crippen molar-refractivity contribution in [1.82, 2.24) is 19.7 Å². The summed E-state index contributed by atoms with van der Waals surface area (Å²) < 4.78 is 42.5. The van der Waals surface area contributed by atoms with Crippen LogP contribution in [0.4, 0.5) is 29.5 Å². The van der Waals surface area contributed by atoms with Crippen LogP contribution in [0.3, 0.4) is 0 Å². The average molecular weight is 518 g/mol. The zero-order valence-electron chi connectivity index (χ0n) is 20.2. The number of hydrogen-bond donors (Lipinski definition) is 2. The summed E-state index contributed by atoms with van der Waals surface area (Å²) in [6, 6.07) is 18.0. The number of pyridine rings is 1. The van der Waals surface area contributed by atoms with Crippen molar-refractivity contribution in [3.05, 3.63) is 90.4 Å². The van der Waals surface area contributed by atoms with Gasteiger partial charge in [-0.3, -0.25) is 5.32 Å². The predicted molar refractivity (Wildman–Crippen MR) is 137 cm³/mol. The highest BCUT2D eigenvalue weighted by atomic mass is 19.4. The second-order valence-corrected chi connectivity index (χ2v) is 8.53. The molecule has 5 rings (SSSR count). The molecule has 8 nitrogen and oxygen atoms in total. The van der Waals surface area contributed by atoms with E-state index in [2.05, 4.69) is 30.4 Å². The number of aryl methyl sites for hydroxylation is 2. The van der Waals surface area contributed by atoms with Gasteiger partial charge in [-0.1, -0.05) is 30.3 Å². The van der Waals surface area contributed by atoms with Crippen molar-refractivity contribution in [2.24, 2.45) is 0 Å². The second-order valence-electron chi connectivity index (χ2n) is 8.53. The first-order valence-corrected chi connectivity index (χ1v) is 11.5. The molecule has 0 atom stereocenters. The lowest BCUT2D eigenvalue weighted by molar-refractivity contribution is -0.274. The molecule has 192 valence electrons. The van der Waals surface area contributed by atoms with Crippen molar-refractivity contribution in [2.45, 2.75) is 20.2 Å². The van der Waals surface area contributed by atoms with Gasteiger partial charge in [-0.25, -0.2) is 19.4 Å². The molecule has 3 aromatic carbocycles. The van der Waals surface area contributed by atoms with Crippen molar-refractivity contribution >= 4 is 28.3 Å². The van der Waals surface area contributed by atoms with Gasteiger partial charge in [0.2, 0.25) is 0 Å². The number of urea groups is 1. The fraction of sp³-hybridized carbons (Fsp3) is 0.111. The lowest BCUT2D eigenvalue weighted by Gasteiger charge is -2.12. The number of amides is 2. The molecule has 0 aliphatic rings. The predicted octanol–water partition coefficient (Wildman–Crippen LogP) is 6.64. The molecule has 0 fully saturated rings.